The summed E-state index contributed by atoms with van der Waals surface area (Å²) in [6.07, 6.45) is 2.64. The van der Waals surface area contributed by atoms with Crippen LogP contribution in [-0.2, 0) is 11.2 Å². The van der Waals surface area contributed by atoms with Crippen LogP contribution in [0.2, 0.25) is 0 Å². The molecule has 2 N–H and O–H groups in total. The van der Waals surface area contributed by atoms with Crippen LogP contribution in [0, 0.1) is 0 Å². The van der Waals surface area contributed by atoms with Crippen molar-refractivity contribution in [1.82, 2.24) is 4.90 Å². The Morgan fingerprint density at radius 2 is 1.59 bits per heavy atom. The van der Waals surface area contributed by atoms with Crippen molar-refractivity contribution in [2.75, 3.05) is 30.3 Å². The Morgan fingerprint density at radius 3 is 2.16 bits per heavy atom. The first-order valence-corrected chi connectivity index (χ1v) is 11.9. The third-order valence-electron chi connectivity index (χ3n) is 5.79. The van der Waals surface area contributed by atoms with Crippen LogP contribution in [-0.4, -0.2) is 42.3 Å². The molecule has 1 fully saturated rings. The maximum Gasteiger partial charge on any atom is 0.410 e. The first kappa shape index (κ1) is 24.0. The fraction of sp³-hybridized carbons (Fsp3) is 0.519. The molecule has 2 aromatic rings. The van der Waals surface area contributed by atoms with Gasteiger partial charge < -0.3 is 20.3 Å². The number of anilines is 2. The average molecular weight is 438 g/mol. The van der Waals surface area contributed by atoms with Crippen LogP contribution in [0.15, 0.2) is 48.5 Å². The standard InChI is InChI=1S/C27H39N3O2/c1-20(2)22-8-12-23(13-9-22)28-17-14-21-6-10-24(11-7-21)29-25-15-18-30(19-16-25)26(31)32-27(3,4)5/h6-13,20,25,28-29H,14-19H2,1-5H3. The molecule has 0 aromatic heterocycles. The number of likely N-dealkylation sites (tertiary alicyclic amines) is 1. The van der Waals surface area contributed by atoms with Crippen molar-refractivity contribution in [3.63, 3.8) is 0 Å². The lowest BCUT2D eigenvalue weighted by molar-refractivity contribution is 0.0210. The second-order valence-corrected chi connectivity index (χ2v) is 10.0. The van der Waals surface area contributed by atoms with E-state index in [2.05, 4.69) is 73.0 Å². The molecule has 0 bridgehead atoms. The highest BCUT2D eigenvalue weighted by atomic mass is 16.6. The number of hydrogen-bond donors (Lipinski definition) is 2. The highest BCUT2D eigenvalue weighted by Crippen LogP contribution is 2.20. The summed E-state index contributed by atoms with van der Waals surface area (Å²) < 4.78 is 5.48. The molecule has 5 nitrogen and oxygen atoms in total. The van der Waals surface area contributed by atoms with Crippen LogP contribution < -0.4 is 10.6 Å². The van der Waals surface area contributed by atoms with Crippen LogP contribution in [0.1, 0.15) is 64.5 Å². The van der Waals surface area contributed by atoms with Crippen molar-refractivity contribution < 1.29 is 9.53 Å². The van der Waals surface area contributed by atoms with E-state index in [-0.39, 0.29) is 6.09 Å². The summed E-state index contributed by atoms with van der Waals surface area (Å²) in [7, 11) is 0. The Bertz CT molecular complexity index is 846. The van der Waals surface area contributed by atoms with Gasteiger partial charge in [-0.2, -0.15) is 0 Å². The first-order valence-electron chi connectivity index (χ1n) is 11.9. The average Bonchev–Trinajstić information content (AvgIpc) is 2.75. The smallest absolute Gasteiger partial charge is 0.410 e. The van der Waals surface area contributed by atoms with Crippen molar-refractivity contribution in [2.45, 2.75) is 71.4 Å². The number of carbonyl (C=O) groups excluding carboxylic acids is 1. The minimum absolute atomic E-state index is 0.204. The molecule has 1 aliphatic rings. The number of carbonyl (C=O) groups is 1. The summed E-state index contributed by atoms with van der Waals surface area (Å²) in [4.78, 5) is 14.0. The van der Waals surface area contributed by atoms with E-state index in [1.54, 1.807) is 0 Å². The van der Waals surface area contributed by atoms with E-state index in [0.717, 1.165) is 44.6 Å². The molecule has 5 heteroatoms. The molecule has 3 rings (SSSR count). The van der Waals surface area contributed by atoms with E-state index in [0.29, 0.717) is 12.0 Å². The van der Waals surface area contributed by atoms with E-state index < -0.39 is 5.60 Å². The molecule has 2 aromatic carbocycles. The molecule has 0 unspecified atom stereocenters. The van der Waals surface area contributed by atoms with Gasteiger partial charge in [-0.3, -0.25) is 0 Å². The number of ether oxygens (including phenoxy) is 1. The summed E-state index contributed by atoms with van der Waals surface area (Å²) in [5.74, 6) is 0.564. The molecule has 1 saturated heterocycles. The summed E-state index contributed by atoms with van der Waals surface area (Å²) in [6, 6.07) is 17.8. The summed E-state index contributed by atoms with van der Waals surface area (Å²) >= 11 is 0. The molecule has 0 spiro atoms. The maximum atomic E-state index is 12.2. The lowest BCUT2D eigenvalue weighted by atomic mass is 10.0. The van der Waals surface area contributed by atoms with E-state index >= 15 is 0 Å². The Morgan fingerprint density at radius 1 is 1.00 bits per heavy atom. The highest BCUT2D eigenvalue weighted by molar-refractivity contribution is 5.68. The fourth-order valence-corrected chi connectivity index (χ4v) is 3.87. The number of nitrogens with zero attached hydrogens (tertiary/aromatic N) is 1. The molecule has 1 aliphatic heterocycles. The van der Waals surface area contributed by atoms with Gasteiger partial charge in [-0.1, -0.05) is 38.1 Å². The largest absolute Gasteiger partial charge is 0.444 e. The van der Waals surface area contributed by atoms with Gasteiger partial charge in [0, 0.05) is 37.1 Å². The number of benzene rings is 2. The SMILES string of the molecule is CC(C)c1ccc(NCCc2ccc(NC3CCN(C(=O)OC(C)(C)C)CC3)cc2)cc1. The number of piperidine rings is 1. The van der Waals surface area contributed by atoms with Gasteiger partial charge in [-0.25, -0.2) is 4.79 Å². The van der Waals surface area contributed by atoms with Crippen LogP contribution in [0.3, 0.4) is 0 Å². The molecule has 0 aliphatic carbocycles. The topological polar surface area (TPSA) is 53.6 Å². The molecule has 0 atom stereocenters. The molecular weight excluding hydrogens is 398 g/mol. The van der Waals surface area contributed by atoms with Gasteiger partial charge in [0.25, 0.3) is 0 Å². The highest BCUT2D eigenvalue weighted by Gasteiger charge is 2.26. The van der Waals surface area contributed by atoms with Gasteiger partial charge in [0.15, 0.2) is 0 Å². The van der Waals surface area contributed by atoms with Crippen molar-refractivity contribution in [1.29, 1.82) is 0 Å². The minimum atomic E-state index is -0.443. The van der Waals surface area contributed by atoms with Crippen LogP contribution in [0.4, 0.5) is 16.2 Å². The second kappa shape index (κ2) is 10.8. The monoisotopic (exact) mass is 437 g/mol. The zero-order valence-corrected chi connectivity index (χ0v) is 20.3. The van der Waals surface area contributed by atoms with Gasteiger partial charge >= 0.3 is 6.09 Å². The molecule has 1 heterocycles. The number of hydrogen-bond acceptors (Lipinski definition) is 4. The Labute approximate surface area is 193 Å². The van der Waals surface area contributed by atoms with Crippen molar-refractivity contribution in [3.8, 4) is 0 Å². The zero-order valence-electron chi connectivity index (χ0n) is 20.3. The normalized spacial score (nSPS) is 15.0. The summed E-state index contributed by atoms with van der Waals surface area (Å²) in [6.45, 7) is 12.5. The van der Waals surface area contributed by atoms with E-state index in [9.17, 15) is 4.79 Å². The molecule has 0 radical (unpaired) electrons. The molecule has 0 saturated carbocycles. The van der Waals surface area contributed by atoms with Crippen molar-refractivity contribution in [3.05, 3.63) is 59.7 Å². The zero-order chi connectivity index (χ0) is 23.1. The van der Waals surface area contributed by atoms with Gasteiger partial charge in [-0.05, 0) is 81.3 Å². The van der Waals surface area contributed by atoms with Crippen LogP contribution >= 0.6 is 0 Å². The number of nitrogens with one attached hydrogen (secondary N) is 2. The summed E-state index contributed by atoms with van der Waals surface area (Å²) in [5.41, 5.74) is 4.56. The van der Waals surface area contributed by atoms with Gasteiger partial charge in [0.05, 0.1) is 0 Å². The van der Waals surface area contributed by atoms with Gasteiger partial charge in [0.2, 0.25) is 0 Å². The first-order chi connectivity index (χ1) is 15.2. The third kappa shape index (κ3) is 7.47. The third-order valence-corrected chi connectivity index (χ3v) is 5.79. The van der Waals surface area contributed by atoms with Crippen LogP contribution in [0.25, 0.3) is 0 Å². The number of amides is 1. The molecule has 1 amide bonds. The maximum absolute atomic E-state index is 12.2. The number of rotatable bonds is 7. The van der Waals surface area contributed by atoms with E-state index in [1.165, 1.54) is 16.8 Å². The predicted molar refractivity (Wildman–Crippen MR) is 134 cm³/mol. The fourth-order valence-electron chi connectivity index (χ4n) is 3.87. The van der Waals surface area contributed by atoms with Crippen molar-refractivity contribution in [2.24, 2.45) is 0 Å². The molecule has 174 valence electrons. The van der Waals surface area contributed by atoms with Crippen molar-refractivity contribution >= 4 is 17.5 Å². The quantitative estimate of drug-likeness (QED) is 0.535. The Balaban J connectivity index is 1.39. The summed E-state index contributed by atoms with van der Waals surface area (Å²) in [5, 5.41) is 7.13. The van der Waals surface area contributed by atoms with Gasteiger partial charge in [-0.15, -0.1) is 0 Å². The van der Waals surface area contributed by atoms with E-state index in [1.807, 2.05) is 25.7 Å². The van der Waals surface area contributed by atoms with Crippen LogP contribution in [0.5, 0.6) is 0 Å². The predicted octanol–water partition coefficient (Wildman–Crippen LogP) is 6.28. The lowest BCUT2D eigenvalue weighted by Crippen LogP contribution is -2.44. The Kier molecular flexibility index (Phi) is 8.05. The van der Waals surface area contributed by atoms with E-state index in [4.69, 9.17) is 4.74 Å². The second-order valence-electron chi connectivity index (χ2n) is 10.0. The Hall–Kier alpha value is -2.69. The minimum Gasteiger partial charge on any atom is -0.444 e. The molecule has 32 heavy (non-hydrogen) atoms. The lowest BCUT2D eigenvalue weighted by Gasteiger charge is -2.34. The molecular formula is C27H39N3O2. The van der Waals surface area contributed by atoms with Gasteiger partial charge in [0.1, 0.15) is 5.60 Å².